The number of hydrogen-bond donors (Lipinski definition) is 2. The average molecular weight is 339 g/mol. The first-order chi connectivity index (χ1) is 9.69. The summed E-state index contributed by atoms with van der Waals surface area (Å²) < 4.78 is 2.77. The van der Waals surface area contributed by atoms with Crippen LogP contribution in [0.25, 0.3) is 0 Å². The fraction of sp³-hybridized carbons (Fsp3) is 0.462. The second kappa shape index (κ2) is 7.23. The maximum Gasteiger partial charge on any atom is 0.224 e. The van der Waals surface area contributed by atoms with E-state index in [1.807, 2.05) is 24.0 Å². The smallest absolute Gasteiger partial charge is 0.224 e. The molecule has 20 heavy (non-hydrogen) atoms. The number of aromatic nitrogens is 4. The largest absolute Gasteiger partial charge is 0.367 e. The molecule has 0 bridgehead atoms. The SMILES string of the molecule is CCCNc1ncc(Br)c(NCCn2cc(C)cn2)n1. The van der Waals surface area contributed by atoms with Gasteiger partial charge in [0.15, 0.2) is 0 Å². The monoisotopic (exact) mass is 338 g/mol. The molecule has 0 saturated heterocycles. The molecule has 0 aliphatic carbocycles. The zero-order chi connectivity index (χ0) is 14.4. The van der Waals surface area contributed by atoms with Crippen molar-refractivity contribution >= 4 is 27.7 Å². The maximum absolute atomic E-state index is 4.44. The molecular weight excluding hydrogens is 320 g/mol. The van der Waals surface area contributed by atoms with Crippen LogP contribution in [0.3, 0.4) is 0 Å². The van der Waals surface area contributed by atoms with Crippen LogP contribution in [-0.4, -0.2) is 32.8 Å². The van der Waals surface area contributed by atoms with Crippen molar-refractivity contribution in [2.24, 2.45) is 0 Å². The van der Waals surface area contributed by atoms with Gasteiger partial charge in [0.1, 0.15) is 5.82 Å². The van der Waals surface area contributed by atoms with Crippen LogP contribution < -0.4 is 10.6 Å². The van der Waals surface area contributed by atoms with Gasteiger partial charge in [-0.2, -0.15) is 10.1 Å². The van der Waals surface area contributed by atoms with Crippen LogP contribution in [0.5, 0.6) is 0 Å². The van der Waals surface area contributed by atoms with E-state index in [1.165, 1.54) is 5.56 Å². The number of halogens is 1. The molecule has 0 saturated carbocycles. The Bertz CT molecular complexity index is 554. The second-order valence-corrected chi connectivity index (χ2v) is 5.38. The molecule has 0 spiro atoms. The quantitative estimate of drug-likeness (QED) is 0.812. The lowest BCUT2D eigenvalue weighted by atomic mass is 10.4. The van der Waals surface area contributed by atoms with Crippen molar-refractivity contribution in [2.75, 3.05) is 23.7 Å². The molecular formula is C13H19BrN6. The third-order valence-corrected chi connectivity index (χ3v) is 3.25. The minimum atomic E-state index is 0.646. The molecule has 0 aromatic carbocycles. The summed E-state index contributed by atoms with van der Waals surface area (Å²) >= 11 is 3.45. The Kier molecular flexibility index (Phi) is 5.34. The highest BCUT2D eigenvalue weighted by molar-refractivity contribution is 9.10. The summed E-state index contributed by atoms with van der Waals surface area (Å²) in [5, 5.41) is 10.7. The number of nitrogens with zero attached hydrogens (tertiary/aromatic N) is 4. The van der Waals surface area contributed by atoms with Crippen molar-refractivity contribution in [2.45, 2.75) is 26.8 Å². The van der Waals surface area contributed by atoms with Gasteiger partial charge >= 0.3 is 0 Å². The van der Waals surface area contributed by atoms with Crippen molar-refractivity contribution in [3.05, 3.63) is 28.6 Å². The number of hydrogen-bond acceptors (Lipinski definition) is 5. The normalized spacial score (nSPS) is 10.6. The van der Waals surface area contributed by atoms with Gasteiger partial charge in [-0.3, -0.25) is 4.68 Å². The van der Waals surface area contributed by atoms with E-state index in [2.05, 4.69) is 48.6 Å². The van der Waals surface area contributed by atoms with Crippen molar-refractivity contribution < 1.29 is 0 Å². The molecule has 7 heteroatoms. The molecule has 2 N–H and O–H groups in total. The number of nitrogens with one attached hydrogen (secondary N) is 2. The predicted molar refractivity (Wildman–Crippen MR) is 84.0 cm³/mol. The molecule has 0 unspecified atom stereocenters. The van der Waals surface area contributed by atoms with Crippen LogP contribution >= 0.6 is 15.9 Å². The minimum Gasteiger partial charge on any atom is -0.367 e. The molecule has 2 rings (SSSR count). The summed E-state index contributed by atoms with van der Waals surface area (Å²) in [6.45, 7) is 6.56. The van der Waals surface area contributed by atoms with Crippen LogP contribution in [0.2, 0.25) is 0 Å². The van der Waals surface area contributed by atoms with Gasteiger partial charge < -0.3 is 10.6 Å². The lowest BCUT2D eigenvalue weighted by molar-refractivity contribution is 0.636. The first kappa shape index (κ1) is 14.8. The van der Waals surface area contributed by atoms with Crippen LogP contribution in [0.1, 0.15) is 18.9 Å². The molecule has 0 atom stereocenters. The Morgan fingerprint density at radius 3 is 2.80 bits per heavy atom. The van der Waals surface area contributed by atoms with Gasteiger partial charge in [0.05, 0.1) is 17.2 Å². The Morgan fingerprint density at radius 2 is 2.10 bits per heavy atom. The van der Waals surface area contributed by atoms with Gasteiger partial charge in [0, 0.05) is 25.5 Å². The Hall–Kier alpha value is -1.63. The molecule has 0 aliphatic rings. The predicted octanol–water partition coefficient (Wildman–Crippen LogP) is 2.68. The Balaban J connectivity index is 1.90. The van der Waals surface area contributed by atoms with E-state index in [1.54, 1.807) is 6.20 Å². The zero-order valence-electron chi connectivity index (χ0n) is 11.7. The third-order valence-electron chi connectivity index (χ3n) is 2.67. The lowest BCUT2D eigenvalue weighted by Crippen LogP contribution is -2.13. The van der Waals surface area contributed by atoms with Gasteiger partial charge in [-0.25, -0.2) is 4.98 Å². The molecule has 6 nitrogen and oxygen atoms in total. The summed E-state index contributed by atoms with van der Waals surface area (Å²) in [5.41, 5.74) is 1.17. The van der Waals surface area contributed by atoms with Crippen LogP contribution in [0.4, 0.5) is 11.8 Å². The summed E-state index contributed by atoms with van der Waals surface area (Å²) in [5.74, 6) is 1.44. The van der Waals surface area contributed by atoms with Crippen molar-refractivity contribution in [3.63, 3.8) is 0 Å². The Morgan fingerprint density at radius 1 is 1.25 bits per heavy atom. The van der Waals surface area contributed by atoms with Crippen molar-refractivity contribution in [1.82, 2.24) is 19.7 Å². The van der Waals surface area contributed by atoms with Gasteiger partial charge in [0.25, 0.3) is 0 Å². The van der Waals surface area contributed by atoms with Crippen molar-refractivity contribution in [1.29, 1.82) is 0 Å². The minimum absolute atomic E-state index is 0.646. The molecule has 2 aromatic heterocycles. The summed E-state index contributed by atoms with van der Waals surface area (Å²) in [7, 11) is 0. The van der Waals surface area contributed by atoms with E-state index in [0.717, 1.165) is 36.3 Å². The molecule has 2 heterocycles. The highest BCUT2D eigenvalue weighted by atomic mass is 79.9. The van der Waals surface area contributed by atoms with Gasteiger partial charge in [-0.05, 0) is 34.8 Å². The van der Waals surface area contributed by atoms with Crippen LogP contribution in [-0.2, 0) is 6.54 Å². The summed E-state index contributed by atoms with van der Waals surface area (Å²) in [6, 6.07) is 0. The van der Waals surface area contributed by atoms with E-state index in [-0.39, 0.29) is 0 Å². The first-order valence-electron chi connectivity index (χ1n) is 6.68. The van der Waals surface area contributed by atoms with E-state index >= 15 is 0 Å². The van der Waals surface area contributed by atoms with Gasteiger partial charge in [0.2, 0.25) is 5.95 Å². The van der Waals surface area contributed by atoms with E-state index in [0.29, 0.717) is 5.95 Å². The van der Waals surface area contributed by atoms with Gasteiger partial charge in [-0.1, -0.05) is 6.92 Å². The zero-order valence-corrected chi connectivity index (χ0v) is 13.3. The lowest BCUT2D eigenvalue weighted by Gasteiger charge is -2.09. The number of anilines is 2. The maximum atomic E-state index is 4.44. The fourth-order valence-corrected chi connectivity index (χ4v) is 2.02. The Labute approximate surface area is 127 Å². The average Bonchev–Trinajstić information content (AvgIpc) is 2.85. The third kappa shape index (κ3) is 4.19. The summed E-state index contributed by atoms with van der Waals surface area (Å²) in [6.07, 6.45) is 6.67. The number of rotatable bonds is 7. The van der Waals surface area contributed by atoms with E-state index in [9.17, 15) is 0 Å². The standard InChI is InChI=1S/C13H19BrN6/c1-3-4-16-13-17-8-11(14)12(19-13)15-5-6-20-9-10(2)7-18-20/h7-9H,3-6H2,1-2H3,(H2,15,16,17,19). The van der Waals surface area contributed by atoms with Gasteiger partial charge in [-0.15, -0.1) is 0 Å². The summed E-state index contributed by atoms with van der Waals surface area (Å²) in [4.78, 5) is 8.66. The molecule has 0 radical (unpaired) electrons. The second-order valence-electron chi connectivity index (χ2n) is 4.52. The fourth-order valence-electron chi connectivity index (χ4n) is 1.69. The topological polar surface area (TPSA) is 67.7 Å². The molecule has 0 amide bonds. The molecule has 2 aromatic rings. The van der Waals surface area contributed by atoms with Crippen molar-refractivity contribution in [3.8, 4) is 0 Å². The molecule has 0 fully saturated rings. The van der Waals surface area contributed by atoms with E-state index in [4.69, 9.17) is 0 Å². The van der Waals surface area contributed by atoms with E-state index < -0.39 is 0 Å². The van der Waals surface area contributed by atoms with Crippen LogP contribution in [0.15, 0.2) is 23.1 Å². The molecule has 0 aliphatic heterocycles. The first-order valence-corrected chi connectivity index (χ1v) is 7.47. The highest BCUT2D eigenvalue weighted by Crippen LogP contribution is 2.19. The molecule has 108 valence electrons. The van der Waals surface area contributed by atoms with Crippen LogP contribution in [0, 0.1) is 6.92 Å². The number of aryl methyl sites for hydroxylation is 1. The highest BCUT2D eigenvalue weighted by Gasteiger charge is 2.04.